The lowest BCUT2D eigenvalue weighted by Crippen LogP contribution is -2.10. The molecule has 0 heterocycles. The van der Waals surface area contributed by atoms with Crippen LogP contribution in [0.25, 0.3) is 6.08 Å². The number of methoxy groups -OCH3 is 1. The number of benzene rings is 3. The second kappa shape index (κ2) is 8.63. The van der Waals surface area contributed by atoms with E-state index in [1.807, 2.05) is 24.3 Å². The first-order valence-electron chi connectivity index (χ1n) is 8.40. The van der Waals surface area contributed by atoms with Crippen LogP contribution < -0.4 is 9.47 Å². The molecule has 0 unspecified atom stereocenters. The molecule has 3 aromatic rings. The molecular formula is C23H18O4. The fraction of sp³-hybridized carbons (Fsp3) is 0.0435. The van der Waals surface area contributed by atoms with Gasteiger partial charge in [0.2, 0.25) is 0 Å². The number of carbonyl (C=O) groups excluding carboxylic acids is 2. The van der Waals surface area contributed by atoms with Crippen LogP contribution in [0.1, 0.15) is 26.3 Å². The Kier molecular flexibility index (Phi) is 5.80. The third-order valence-corrected chi connectivity index (χ3v) is 3.92. The summed E-state index contributed by atoms with van der Waals surface area (Å²) in [6, 6.07) is 22.9. The van der Waals surface area contributed by atoms with E-state index in [0.717, 1.165) is 0 Å². The topological polar surface area (TPSA) is 52.6 Å². The Morgan fingerprint density at radius 2 is 1.41 bits per heavy atom. The van der Waals surface area contributed by atoms with E-state index in [4.69, 9.17) is 9.47 Å². The van der Waals surface area contributed by atoms with E-state index >= 15 is 0 Å². The van der Waals surface area contributed by atoms with Gasteiger partial charge in [0.15, 0.2) is 5.78 Å². The van der Waals surface area contributed by atoms with Gasteiger partial charge in [0, 0.05) is 11.1 Å². The fourth-order valence-electron chi connectivity index (χ4n) is 2.54. The standard InChI is InChI=1S/C23H18O4/c1-26-22-14-8-6-12-19(22)23(25)27-21-13-7-5-11-18(21)15-16-20(24)17-9-3-2-4-10-17/h2-16H,1H3. The molecule has 0 aliphatic carbocycles. The molecule has 0 N–H and O–H groups in total. The number of ether oxygens (including phenoxy) is 2. The van der Waals surface area contributed by atoms with Crippen LogP contribution in [-0.2, 0) is 0 Å². The van der Waals surface area contributed by atoms with Crippen molar-refractivity contribution in [2.45, 2.75) is 0 Å². The van der Waals surface area contributed by atoms with Crippen molar-refractivity contribution in [3.8, 4) is 11.5 Å². The van der Waals surface area contributed by atoms with Gasteiger partial charge < -0.3 is 9.47 Å². The van der Waals surface area contributed by atoms with Gasteiger partial charge in [-0.1, -0.05) is 60.7 Å². The maximum atomic E-state index is 12.5. The highest BCUT2D eigenvalue weighted by molar-refractivity contribution is 6.07. The summed E-state index contributed by atoms with van der Waals surface area (Å²) in [6.45, 7) is 0. The molecule has 0 radical (unpaired) electrons. The number of hydrogen-bond donors (Lipinski definition) is 0. The Labute approximate surface area is 157 Å². The molecule has 0 amide bonds. The SMILES string of the molecule is COc1ccccc1C(=O)Oc1ccccc1C=CC(=O)c1ccccc1. The molecule has 0 saturated heterocycles. The van der Waals surface area contributed by atoms with Crippen LogP contribution in [0.5, 0.6) is 11.5 Å². The molecule has 134 valence electrons. The average molecular weight is 358 g/mol. The van der Waals surface area contributed by atoms with Crippen molar-refractivity contribution < 1.29 is 19.1 Å². The maximum absolute atomic E-state index is 12.5. The molecular weight excluding hydrogens is 340 g/mol. The Balaban J connectivity index is 1.81. The zero-order chi connectivity index (χ0) is 19.1. The quantitative estimate of drug-likeness (QED) is 0.275. The molecule has 3 aromatic carbocycles. The maximum Gasteiger partial charge on any atom is 0.347 e. The summed E-state index contributed by atoms with van der Waals surface area (Å²) in [5.41, 5.74) is 1.56. The van der Waals surface area contributed by atoms with Crippen LogP contribution in [-0.4, -0.2) is 18.9 Å². The lowest BCUT2D eigenvalue weighted by molar-refractivity contribution is 0.0730. The van der Waals surface area contributed by atoms with E-state index in [-0.39, 0.29) is 5.78 Å². The predicted octanol–water partition coefficient (Wildman–Crippen LogP) is 4.81. The molecule has 0 saturated carbocycles. The molecule has 0 atom stereocenters. The zero-order valence-corrected chi connectivity index (χ0v) is 14.8. The second-order valence-corrected chi connectivity index (χ2v) is 5.69. The van der Waals surface area contributed by atoms with Crippen LogP contribution in [0, 0.1) is 0 Å². The van der Waals surface area contributed by atoms with Crippen LogP contribution in [0.15, 0.2) is 84.9 Å². The Morgan fingerprint density at radius 1 is 0.778 bits per heavy atom. The summed E-state index contributed by atoms with van der Waals surface area (Å²) in [5.74, 6) is 0.157. The Bertz CT molecular complexity index is 974. The largest absolute Gasteiger partial charge is 0.496 e. The summed E-state index contributed by atoms with van der Waals surface area (Å²) in [5, 5.41) is 0. The smallest absolute Gasteiger partial charge is 0.347 e. The highest BCUT2D eigenvalue weighted by atomic mass is 16.5. The van der Waals surface area contributed by atoms with Crippen molar-refractivity contribution in [2.75, 3.05) is 7.11 Å². The van der Waals surface area contributed by atoms with Gasteiger partial charge in [-0.15, -0.1) is 0 Å². The summed E-state index contributed by atoms with van der Waals surface area (Å²) in [7, 11) is 1.50. The van der Waals surface area contributed by atoms with Crippen molar-refractivity contribution in [2.24, 2.45) is 0 Å². The van der Waals surface area contributed by atoms with Gasteiger partial charge in [-0.05, 0) is 30.4 Å². The number of rotatable bonds is 6. The van der Waals surface area contributed by atoms with E-state index in [1.54, 1.807) is 60.7 Å². The van der Waals surface area contributed by atoms with E-state index < -0.39 is 5.97 Å². The molecule has 4 heteroatoms. The number of esters is 1. The average Bonchev–Trinajstić information content (AvgIpc) is 2.73. The zero-order valence-electron chi connectivity index (χ0n) is 14.8. The highest BCUT2D eigenvalue weighted by Gasteiger charge is 2.15. The van der Waals surface area contributed by atoms with E-state index in [2.05, 4.69) is 0 Å². The molecule has 4 nitrogen and oxygen atoms in total. The van der Waals surface area contributed by atoms with Crippen molar-refractivity contribution in [1.29, 1.82) is 0 Å². The monoisotopic (exact) mass is 358 g/mol. The molecule has 0 fully saturated rings. The molecule has 0 bridgehead atoms. The normalized spacial score (nSPS) is 10.6. The van der Waals surface area contributed by atoms with Gasteiger partial charge >= 0.3 is 5.97 Å². The minimum absolute atomic E-state index is 0.124. The number of allylic oxidation sites excluding steroid dienone is 1. The van der Waals surface area contributed by atoms with Crippen molar-refractivity contribution in [3.05, 3.63) is 102 Å². The number of hydrogen-bond acceptors (Lipinski definition) is 4. The minimum atomic E-state index is -0.525. The summed E-state index contributed by atoms with van der Waals surface area (Å²) < 4.78 is 10.7. The molecule has 27 heavy (non-hydrogen) atoms. The summed E-state index contributed by atoms with van der Waals surface area (Å²) in [4.78, 5) is 24.8. The molecule has 0 spiro atoms. The molecule has 3 rings (SSSR count). The van der Waals surface area contributed by atoms with Crippen LogP contribution in [0.2, 0.25) is 0 Å². The number of para-hydroxylation sites is 2. The lowest BCUT2D eigenvalue weighted by Gasteiger charge is -2.10. The first-order valence-corrected chi connectivity index (χ1v) is 8.40. The third-order valence-electron chi connectivity index (χ3n) is 3.92. The van der Waals surface area contributed by atoms with E-state index in [1.165, 1.54) is 13.2 Å². The minimum Gasteiger partial charge on any atom is -0.496 e. The van der Waals surface area contributed by atoms with Crippen LogP contribution >= 0.6 is 0 Å². The lowest BCUT2D eigenvalue weighted by atomic mass is 10.1. The van der Waals surface area contributed by atoms with Gasteiger partial charge in [0.1, 0.15) is 17.1 Å². The van der Waals surface area contributed by atoms with Crippen LogP contribution in [0.4, 0.5) is 0 Å². The predicted molar refractivity (Wildman–Crippen MR) is 104 cm³/mol. The summed E-state index contributed by atoms with van der Waals surface area (Å²) in [6.07, 6.45) is 3.10. The van der Waals surface area contributed by atoms with Crippen molar-refractivity contribution >= 4 is 17.8 Å². The van der Waals surface area contributed by atoms with E-state index in [0.29, 0.717) is 28.2 Å². The van der Waals surface area contributed by atoms with Gasteiger partial charge in [-0.25, -0.2) is 4.79 Å². The highest BCUT2D eigenvalue weighted by Crippen LogP contribution is 2.24. The first kappa shape index (κ1) is 18.1. The molecule has 0 aromatic heterocycles. The number of carbonyl (C=O) groups is 2. The molecule has 0 aliphatic rings. The van der Waals surface area contributed by atoms with Gasteiger partial charge in [0.05, 0.1) is 7.11 Å². The van der Waals surface area contributed by atoms with Gasteiger partial charge in [0.25, 0.3) is 0 Å². The second-order valence-electron chi connectivity index (χ2n) is 5.69. The Hall–Kier alpha value is -3.66. The summed E-state index contributed by atoms with van der Waals surface area (Å²) >= 11 is 0. The van der Waals surface area contributed by atoms with Crippen LogP contribution in [0.3, 0.4) is 0 Å². The first-order chi connectivity index (χ1) is 13.2. The van der Waals surface area contributed by atoms with Crippen molar-refractivity contribution in [3.63, 3.8) is 0 Å². The number of ketones is 1. The van der Waals surface area contributed by atoms with Crippen molar-refractivity contribution in [1.82, 2.24) is 0 Å². The fourth-order valence-corrected chi connectivity index (χ4v) is 2.54. The van der Waals surface area contributed by atoms with Gasteiger partial charge in [-0.3, -0.25) is 4.79 Å². The molecule has 0 aliphatic heterocycles. The van der Waals surface area contributed by atoms with E-state index in [9.17, 15) is 9.59 Å². The third kappa shape index (κ3) is 4.50. The van der Waals surface area contributed by atoms with Gasteiger partial charge in [-0.2, -0.15) is 0 Å². The Morgan fingerprint density at radius 3 is 2.15 bits per heavy atom.